The second-order valence-electron chi connectivity index (χ2n) is 6.73. The molecule has 16 heavy (non-hydrogen) atoms. The van der Waals surface area contributed by atoms with Gasteiger partial charge in [-0.15, -0.1) is 0 Å². The van der Waals surface area contributed by atoms with Crippen LogP contribution in [0.2, 0.25) is 0 Å². The molecule has 0 aromatic rings. The lowest BCUT2D eigenvalue weighted by atomic mass is 9.68. The van der Waals surface area contributed by atoms with Crippen molar-refractivity contribution in [2.75, 3.05) is 13.2 Å². The van der Waals surface area contributed by atoms with Crippen molar-refractivity contribution in [1.82, 2.24) is 5.32 Å². The molecule has 2 rings (SSSR count). The highest BCUT2D eigenvalue weighted by Gasteiger charge is 2.58. The molecule has 0 radical (unpaired) electrons. The Kier molecular flexibility index (Phi) is 3.33. The van der Waals surface area contributed by atoms with Gasteiger partial charge in [0, 0.05) is 12.6 Å². The molecule has 2 heteroatoms. The Morgan fingerprint density at radius 2 is 2.00 bits per heavy atom. The van der Waals surface area contributed by atoms with Crippen LogP contribution in [0, 0.1) is 16.7 Å². The summed E-state index contributed by atoms with van der Waals surface area (Å²) < 4.78 is 0. The van der Waals surface area contributed by atoms with Crippen molar-refractivity contribution in [3.8, 4) is 0 Å². The first kappa shape index (κ1) is 12.4. The minimum atomic E-state index is 0.329. The van der Waals surface area contributed by atoms with Crippen molar-refractivity contribution >= 4 is 0 Å². The molecule has 0 saturated heterocycles. The van der Waals surface area contributed by atoms with Gasteiger partial charge in [0.05, 0.1) is 0 Å². The molecule has 0 aromatic carbocycles. The lowest BCUT2D eigenvalue weighted by Crippen LogP contribution is -2.50. The number of nitrogens with one attached hydrogen (secondary N) is 1. The molecule has 1 unspecified atom stereocenters. The van der Waals surface area contributed by atoms with Crippen LogP contribution >= 0.6 is 0 Å². The summed E-state index contributed by atoms with van der Waals surface area (Å²) in [6, 6.07) is 0.678. The third-order valence-corrected chi connectivity index (χ3v) is 5.20. The average Bonchev–Trinajstić information content (AvgIpc) is 2.68. The van der Waals surface area contributed by atoms with Gasteiger partial charge in [-0.3, -0.25) is 0 Å². The minimum Gasteiger partial charge on any atom is -0.396 e. The predicted octanol–water partition coefficient (Wildman–Crippen LogP) is 2.56. The Morgan fingerprint density at radius 3 is 2.56 bits per heavy atom. The van der Waals surface area contributed by atoms with Crippen molar-refractivity contribution in [3.63, 3.8) is 0 Å². The highest BCUT2D eigenvalue weighted by atomic mass is 16.2. The fraction of sp³-hybridized carbons (Fsp3) is 1.00. The zero-order valence-corrected chi connectivity index (χ0v) is 11.1. The Bertz CT molecular complexity index is 246. The van der Waals surface area contributed by atoms with E-state index in [0.717, 1.165) is 25.3 Å². The van der Waals surface area contributed by atoms with Gasteiger partial charge in [0.25, 0.3) is 0 Å². The fourth-order valence-electron chi connectivity index (χ4n) is 4.29. The maximum atomic E-state index is 8.79. The summed E-state index contributed by atoms with van der Waals surface area (Å²) in [5, 5.41) is 12.6. The molecule has 0 aliphatic heterocycles. The molecule has 2 fully saturated rings. The van der Waals surface area contributed by atoms with E-state index in [-0.39, 0.29) is 0 Å². The molecule has 94 valence electrons. The monoisotopic (exact) mass is 225 g/mol. The number of fused-ring (bicyclic) bond motifs is 2. The molecule has 2 nitrogen and oxygen atoms in total. The van der Waals surface area contributed by atoms with Crippen molar-refractivity contribution in [2.24, 2.45) is 16.7 Å². The number of aliphatic hydroxyl groups excluding tert-OH is 1. The van der Waals surface area contributed by atoms with Gasteiger partial charge in [0.15, 0.2) is 0 Å². The molecule has 2 saturated carbocycles. The van der Waals surface area contributed by atoms with Crippen molar-refractivity contribution in [1.29, 1.82) is 0 Å². The molecule has 0 aromatic heterocycles. The van der Waals surface area contributed by atoms with E-state index in [1.165, 1.54) is 19.3 Å². The zero-order valence-electron chi connectivity index (χ0n) is 11.1. The number of aliphatic hydroxyl groups is 1. The summed E-state index contributed by atoms with van der Waals surface area (Å²) in [5.74, 6) is 0.924. The predicted molar refractivity (Wildman–Crippen MR) is 67.3 cm³/mol. The zero-order chi connectivity index (χ0) is 11.8. The Labute approximate surface area is 99.8 Å². The fourth-order valence-corrected chi connectivity index (χ4v) is 4.29. The van der Waals surface area contributed by atoms with E-state index in [9.17, 15) is 0 Å². The van der Waals surface area contributed by atoms with Crippen molar-refractivity contribution in [2.45, 2.75) is 58.9 Å². The van der Waals surface area contributed by atoms with Crippen molar-refractivity contribution in [3.05, 3.63) is 0 Å². The maximum absolute atomic E-state index is 8.79. The van der Waals surface area contributed by atoms with E-state index in [2.05, 4.69) is 26.1 Å². The first-order valence-corrected chi connectivity index (χ1v) is 6.85. The Balaban J connectivity index is 1.92. The SMILES string of the molecule is CC1(C)C(NCCCCO)[C@]2(C)CC[C@H]1C2. The second kappa shape index (κ2) is 4.30. The second-order valence-corrected chi connectivity index (χ2v) is 6.73. The van der Waals surface area contributed by atoms with Gasteiger partial charge >= 0.3 is 0 Å². The van der Waals surface area contributed by atoms with Crippen LogP contribution in [0.5, 0.6) is 0 Å². The largest absolute Gasteiger partial charge is 0.396 e. The molecule has 3 atom stereocenters. The van der Waals surface area contributed by atoms with E-state index >= 15 is 0 Å². The van der Waals surface area contributed by atoms with Gasteiger partial charge in [-0.05, 0) is 55.4 Å². The first-order valence-electron chi connectivity index (χ1n) is 6.85. The Morgan fingerprint density at radius 1 is 1.25 bits per heavy atom. The van der Waals surface area contributed by atoms with Crippen LogP contribution in [0.25, 0.3) is 0 Å². The van der Waals surface area contributed by atoms with E-state index < -0.39 is 0 Å². The topological polar surface area (TPSA) is 32.3 Å². The number of hydrogen-bond donors (Lipinski definition) is 2. The Hall–Kier alpha value is -0.0800. The van der Waals surface area contributed by atoms with Crippen LogP contribution in [0.4, 0.5) is 0 Å². The van der Waals surface area contributed by atoms with Gasteiger partial charge in [-0.25, -0.2) is 0 Å². The third kappa shape index (κ3) is 1.91. The van der Waals surface area contributed by atoms with E-state index in [1.807, 2.05) is 0 Å². The van der Waals surface area contributed by atoms with Gasteiger partial charge in [0.2, 0.25) is 0 Å². The maximum Gasteiger partial charge on any atom is 0.0431 e. The average molecular weight is 225 g/mol. The summed E-state index contributed by atoms with van der Waals surface area (Å²) in [5.41, 5.74) is 1.000. The highest BCUT2D eigenvalue weighted by Crippen LogP contribution is 2.62. The molecular weight excluding hydrogens is 198 g/mol. The summed E-state index contributed by atoms with van der Waals surface area (Å²) in [7, 11) is 0. The lowest BCUT2D eigenvalue weighted by Gasteiger charge is -2.43. The normalized spacial score (nSPS) is 40.5. The van der Waals surface area contributed by atoms with Crippen LogP contribution in [-0.2, 0) is 0 Å². The lowest BCUT2D eigenvalue weighted by molar-refractivity contribution is 0.108. The van der Waals surface area contributed by atoms with Crippen molar-refractivity contribution < 1.29 is 5.11 Å². The summed E-state index contributed by atoms with van der Waals surface area (Å²) in [6.45, 7) is 8.73. The van der Waals surface area contributed by atoms with E-state index in [4.69, 9.17) is 5.11 Å². The molecule has 2 N–H and O–H groups in total. The van der Waals surface area contributed by atoms with Crippen LogP contribution in [0.15, 0.2) is 0 Å². The van der Waals surface area contributed by atoms with Crippen LogP contribution in [0.3, 0.4) is 0 Å². The quantitative estimate of drug-likeness (QED) is 0.705. The summed E-state index contributed by atoms with van der Waals surface area (Å²) >= 11 is 0. The molecule has 2 bridgehead atoms. The third-order valence-electron chi connectivity index (χ3n) is 5.20. The van der Waals surface area contributed by atoms with Crippen LogP contribution in [-0.4, -0.2) is 24.3 Å². The smallest absolute Gasteiger partial charge is 0.0431 e. The van der Waals surface area contributed by atoms with Gasteiger partial charge in [0.1, 0.15) is 0 Å². The van der Waals surface area contributed by atoms with Gasteiger partial charge < -0.3 is 10.4 Å². The van der Waals surface area contributed by atoms with Crippen LogP contribution < -0.4 is 5.32 Å². The van der Waals surface area contributed by atoms with Crippen LogP contribution in [0.1, 0.15) is 52.9 Å². The summed E-state index contributed by atoms with van der Waals surface area (Å²) in [4.78, 5) is 0. The standard InChI is InChI=1S/C14H27NO/c1-13(2)11-6-7-14(3,10-11)12(13)15-8-4-5-9-16/h11-12,15-16H,4-10H2,1-3H3/t11-,12?,14+/m0/s1. The molecule has 0 heterocycles. The van der Waals surface area contributed by atoms with E-state index in [0.29, 0.717) is 23.5 Å². The number of rotatable bonds is 5. The minimum absolute atomic E-state index is 0.329. The molecule has 0 amide bonds. The molecule has 0 spiro atoms. The van der Waals surface area contributed by atoms with Gasteiger partial charge in [-0.1, -0.05) is 20.8 Å². The number of hydrogen-bond acceptors (Lipinski definition) is 2. The van der Waals surface area contributed by atoms with E-state index in [1.54, 1.807) is 0 Å². The molecule has 2 aliphatic carbocycles. The van der Waals surface area contributed by atoms with Gasteiger partial charge in [-0.2, -0.15) is 0 Å². The summed E-state index contributed by atoms with van der Waals surface area (Å²) in [6.07, 6.45) is 6.28. The highest BCUT2D eigenvalue weighted by molar-refractivity contribution is 5.11. The number of unbranched alkanes of at least 4 members (excludes halogenated alkanes) is 1. The molecule has 2 aliphatic rings. The first-order chi connectivity index (χ1) is 7.50. The molecular formula is C14H27NO.